The number of hydrogen-bond donors (Lipinski definition) is 3. The number of phenols is 2. The normalized spacial score (nSPS) is 12.1. The van der Waals surface area contributed by atoms with Gasteiger partial charge in [-0.1, -0.05) is 24.3 Å². The van der Waals surface area contributed by atoms with Gasteiger partial charge in [0.1, 0.15) is 41.7 Å². The van der Waals surface area contributed by atoms with Crippen molar-refractivity contribution >= 4 is 80.3 Å². The maximum Gasteiger partial charge on any atom is 1.00 e. The van der Waals surface area contributed by atoms with Gasteiger partial charge in [-0.15, -0.1) is 10.2 Å². The molecule has 260 valence electrons. The van der Waals surface area contributed by atoms with Crippen LogP contribution in [0.2, 0.25) is 0 Å². The van der Waals surface area contributed by atoms with Crippen LogP contribution in [0.1, 0.15) is 0 Å². The molecule has 54 heavy (non-hydrogen) atoms. The second-order valence-corrected chi connectivity index (χ2v) is 14.9. The summed E-state index contributed by atoms with van der Waals surface area (Å²) in [5.41, 5.74) is 6.60. The summed E-state index contributed by atoms with van der Waals surface area (Å²) in [4.78, 5) is -2.46. The zero-order valence-corrected chi connectivity index (χ0v) is 36.8. The Morgan fingerprint density at radius 1 is 0.481 bits per heavy atom. The summed E-state index contributed by atoms with van der Waals surface area (Å²) in [5.74, 6) is -1.34. The van der Waals surface area contributed by atoms with Crippen LogP contribution in [0.3, 0.4) is 0 Å². The Hall–Kier alpha value is -2.83. The number of benzene rings is 6. The minimum absolute atomic E-state index is 0. The first-order valence-corrected chi connectivity index (χ1v) is 18.4. The number of azo groups is 2. The summed E-state index contributed by atoms with van der Waals surface area (Å²) < 4.78 is 106. The van der Waals surface area contributed by atoms with E-state index in [2.05, 4.69) is 20.5 Å². The van der Waals surface area contributed by atoms with Gasteiger partial charge in [0.2, 0.25) is 0 Å². The van der Waals surface area contributed by atoms with E-state index in [1.165, 1.54) is 30.3 Å². The Morgan fingerprint density at radius 3 is 1.26 bits per heavy atom. The summed E-state index contributed by atoms with van der Waals surface area (Å²) in [6.45, 7) is 0. The molecule has 6 aromatic rings. The van der Waals surface area contributed by atoms with Crippen molar-refractivity contribution in [1.82, 2.24) is 0 Å². The molecule has 0 atom stereocenters. The van der Waals surface area contributed by atoms with E-state index >= 15 is 0 Å². The van der Waals surface area contributed by atoms with Gasteiger partial charge in [-0.3, -0.25) is 0 Å². The van der Waals surface area contributed by atoms with E-state index in [-0.39, 0.29) is 122 Å². The number of nitrogens with two attached hydrogens (primary N) is 1. The van der Waals surface area contributed by atoms with Crippen LogP contribution in [0.25, 0.3) is 32.7 Å². The first-order valence-electron chi connectivity index (χ1n) is 14.2. The van der Waals surface area contributed by atoms with Crippen LogP contribution < -0.4 is 94.4 Å². The van der Waals surface area contributed by atoms with E-state index in [1.54, 1.807) is 36.4 Å². The summed E-state index contributed by atoms with van der Waals surface area (Å²) in [6, 6.07) is 21.7. The molecule has 0 fully saturated rings. The summed E-state index contributed by atoms with van der Waals surface area (Å²) in [6.07, 6.45) is 0. The molecule has 0 bridgehead atoms. The molecule has 0 radical (unpaired) electrons. The van der Waals surface area contributed by atoms with Crippen molar-refractivity contribution in [3.8, 4) is 22.6 Å². The van der Waals surface area contributed by atoms with E-state index in [4.69, 9.17) is 5.73 Å². The second kappa shape index (κ2) is 17.5. The first kappa shape index (κ1) is 45.6. The van der Waals surface area contributed by atoms with Gasteiger partial charge >= 0.3 is 88.7 Å². The van der Waals surface area contributed by atoms with Crippen molar-refractivity contribution in [3.63, 3.8) is 0 Å². The van der Waals surface area contributed by atoms with E-state index < -0.39 is 67.9 Å². The Kier molecular flexibility index (Phi) is 14.8. The van der Waals surface area contributed by atoms with Gasteiger partial charge in [-0.2, -0.15) is 10.2 Å². The molecule has 0 saturated carbocycles. The van der Waals surface area contributed by atoms with Crippen molar-refractivity contribution in [3.05, 3.63) is 97.1 Å². The van der Waals surface area contributed by atoms with Crippen molar-refractivity contribution in [2.75, 3.05) is 5.73 Å². The van der Waals surface area contributed by atoms with Crippen LogP contribution in [-0.2, 0) is 30.4 Å². The van der Waals surface area contributed by atoms with Crippen LogP contribution >= 0.6 is 0 Å². The number of aromatic hydroxyl groups is 2. The van der Waals surface area contributed by atoms with Crippen LogP contribution in [0.4, 0.5) is 28.4 Å². The predicted octanol–water partition coefficient (Wildman–Crippen LogP) is -2.79. The fourth-order valence-electron chi connectivity index (χ4n) is 5.09. The average Bonchev–Trinajstić information content (AvgIpc) is 3.06. The number of nitrogen functional groups attached to an aromatic ring is 1. The Morgan fingerprint density at radius 2 is 0.870 bits per heavy atom. The van der Waals surface area contributed by atoms with E-state index in [1.807, 2.05) is 0 Å². The Bertz CT molecular complexity index is 2810. The van der Waals surface area contributed by atoms with E-state index in [0.717, 1.165) is 30.3 Å². The van der Waals surface area contributed by atoms with Gasteiger partial charge < -0.3 is 29.6 Å². The van der Waals surface area contributed by atoms with Crippen molar-refractivity contribution in [2.45, 2.75) is 14.7 Å². The SMILES string of the molecule is Nc1ccc2c(O)c(N=Nc3ccc(-c4ccc(N=Nc5c(S(=O)(=O)[O-])cc6cc(S(=O)(=O)[O-])ccc6c5O)cc4)cc3)c(S(=O)(=O)[O-])cc2c1.[Na+].[Na+].[Na+]. The molecule has 0 unspecified atom stereocenters. The second-order valence-electron chi connectivity index (χ2n) is 10.9. The Balaban J connectivity index is 0.00000261. The minimum atomic E-state index is -5.25. The number of rotatable bonds is 8. The quantitative estimate of drug-likeness (QED) is 0.0608. The smallest absolute Gasteiger partial charge is 0.744 e. The molecule has 6 rings (SSSR count). The van der Waals surface area contributed by atoms with Gasteiger partial charge in [0.05, 0.1) is 26.1 Å². The van der Waals surface area contributed by atoms with Crippen LogP contribution in [0.5, 0.6) is 11.5 Å². The third kappa shape index (κ3) is 9.93. The molecule has 0 spiro atoms. The van der Waals surface area contributed by atoms with Crippen molar-refractivity contribution in [1.29, 1.82) is 0 Å². The predicted molar refractivity (Wildman–Crippen MR) is 180 cm³/mol. The van der Waals surface area contributed by atoms with Crippen LogP contribution in [-0.4, -0.2) is 49.1 Å². The monoisotopic (exact) mass is 815 g/mol. The number of hydrogen-bond acceptors (Lipinski definition) is 16. The van der Waals surface area contributed by atoms with Gasteiger partial charge in [0.25, 0.3) is 0 Å². The number of phenolic OH excluding ortho intramolecular Hbond substituents is 2. The standard InChI is InChI=1S/C32H23N5O11S3.3Na/c33-21-5-11-25-19(13-21)15-27(50(43,44)45)29(31(25)38)36-34-22-6-1-17(2-7-22)18-3-8-23(9-4-18)35-37-30-28(51(46,47)48)16-20-14-24(49(40,41)42)10-12-26(20)32(30)39;;;/h1-16,38-39H,33H2,(H,40,41,42)(H,43,44,45)(H,46,47,48);;;/q;3*+1/p-3. The molecule has 0 heterocycles. The van der Waals surface area contributed by atoms with Gasteiger partial charge in [0, 0.05) is 16.5 Å². The van der Waals surface area contributed by atoms with Gasteiger partial charge in [0.15, 0.2) is 11.5 Å². The largest absolute Gasteiger partial charge is 1.00 e. The van der Waals surface area contributed by atoms with Gasteiger partial charge in [-0.25, -0.2) is 25.3 Å². The summed E-state index contributed by atoms with van der Waals surface area (Å²) in [5, 5.41) is 37.2. The molecule has 0 aromatic heterocycles. The molecule has 0 amide bonds. The molecule has 6 aromatic carbocycles. The maximum absolute atomic E-state index is 12.0. The maximum atomic E-state index is 12.0. The van der Waals surface area contributed by atoms with E-state index in [9.17, 15) is 49.1 Å². The molecule has 0 aliphatic carbocycles. The fourth-order valence-corrected chi connectivity index (χ4v) is 6.88. The average molecular weight is 816 g/mol. The van der Waals surface area contributed by atoms with Crippen molar-refractivity contribution < 1.29 is 138 Å². The zero-order valence-electron chi connectivity index (χ0n) is 28.4. The molecule has 0 aliphatic rings. The first-order chi connectivity index (χ1) is 23.9. The fraction of sp³-hybridized carbons (Fsp3) is 0. The molecule has 0 aliphatic heterocycles. The van der Waals surface area contributed by atoms with Crippen molar-refractivity contribution in [2.24, 2.45) is 20.5 Å². The number of nitrogens with zero attached hydrogens (tertiary/aromatic N) is 4. The minimum Gasteiger partial charge on any atom is -0.744 e. The topological polar surface area (TPSA) is 288 Å². The molecular formula is C32H20N5Na3O11S3. The molecule has 16 nitrogen and oxygen atoms in total. The van der Waals surface area contributed by atoms with Crippen LogP contribution in [0.15, 0.2) is 132 Å². The number of anilines is 1. The third-order valence-electron chi connectivity index (χ3n) is 7.52. The van der Waals surface area contributed by atoms with Gasteiger partial charge in [-0.05, 0) is 94.7 Å². The third-order valence-corrected chi connectivity index (χ3v) is 10.1. The summed E-state index contributed by atoms with van der Waals surface area (Å²) in [7, 11) is -15.2. The Labute approximate surface area is 374 Å². The zero-order chi connectivity index (χ0) is 36.9. The number of fused-ring (bicyclic) bond motifs is 2. The van der Waals surface area contributed by atoms with E-state index in [0.29, 0.717) is 16.8 Å². The molecule has 22 heteroatoms. The summed E-state index contributed by atoms with van der Waals surface area (Å²) >= 11 is 0. The molecular weight excluding hydrogens is 796 g/mol. The van der Waals surface area contributed by atoms with Crippen LogP contribution in [0, 0.1) is 0 Å². The molecule has 4 N–H and O–H groups in total. The molecule has 0 saturated heterocycles.